The lowest BCUT2D eigenvalue weighted by molar-refractivity contribution is 0.0917. The van der Waals surface area contributed by atoms with Crippen LogP contribution in [-0.2, 0) is 0 Å². The number of ether oxygens (including phenoxy) is 1. The smallest absolute Gasteiger partial charge is 0.167 e. The molecule has 0 bridgehead atoms. The molecule has 0 aliphatic carbocycles. The molecule has 0 spiro atoms. The van der Waals surface area contributed by atoms with Crippen molar-refractivity contribution in [2.75, 3.05) is 13.7 Å². The number of carbonyl (C=O) groups is 1. The first kappa shape index (κ1) is 13.6. The molecule has 0 amide bonds. The van der Waals surface area contributed by atoms with Gasteiger partial charge in [0.1, 0.15) is 0 Å². The molecule has 1 aromatic rings. The summed E-state index contributed by atoms with van der Waals surface area (Å²) in [5.74, 6) is -0.712. The van der Waals surface area contributed by atoms with Gasteiger partial charge in [-0.2, -0.15) is 0 Å². The highest BCUT2D eigenvalue weighted by molar-refractivity contribution is 5.98. The van der Waals surface area contributed by atoms with Gasteiger partial charge in [0, 0.05) is 18.0 Å². The monoisotopic (exact) mass is 239 g/mol. The number of Topliss-reactive ketones (excluding diaryl/α,β-unsaturated/α-hetero) is 1. The van der Waals surface area contributed by atoms with Crippen LogP contribution in [0.3, 0.4) is 0 Å². The van der Waals surface area contributed by atoms with Crippen LogP contribution < -0.4 is 10.5 Å². The van der Waals surface area contributed by atoms with E-state index in [4.69, 9.17) is 10.5 Å². The number of hydrogen-bond donors (Lipinski definition) is 1. The number of ketones is 1. The van der Waals surface area contributed by atoms with E-state index < -0.39 is 5.82 Å². The molecular formula is C13H18FNO2. The van der Waals surface area contributed by atoms with E-state index in [0.717, 1.165) is 12.8 Å². The molecule has 0 radical (unpaired) electrons. The first-order valence-corrected chi connectivity index (χ1v) is 5.71. The van der Waals surface area contributed by atoms with Gasteiger partial charge < -0.3 is 10.5 Å². The molecule has 1 unspecified atom stereocenters. The molecule has 17 heavy (non-hydrogen) atoms. The lowest BCUT2D eigenvalue weighted by Crippen LogP contribution is -2.23. The zero-order chi connectivity index (χ0) is 12.8. The number of benzene rings is 1. The fourth-order valence-electron chi connectivity index (χ4n) is 1.76. The average Bonchev–Trinajstić information content (AvgIpc) is 2.35. The Balaban J connectivity index is 2.92. The standard InChI is InChI=1S/C13H18FNO2/c1-3-4-10(8-15)13(16)9-5-6-12(17-2)11(14)7-9/h5-7,10H,3-4,8,15H2,1-2H3. The predicted molar refractivity (Wildman–Crippen MR) is 64.7 cm³/mol. The summed E-state index contributed by atoms with van der Waals surface area (Å²) < 4.78 is 18.3. The Morgan fingerprint density at radius 3 is 2.71 bits per heavy atom. The molecule has 1 atom stereocenters. The largest absolute Gasteiger partial charge is 0.494 e. The van der Waals surface area contributed by atoms with Crippen LogP contribution in [-0.4, -0.2) is 19.4 Å². The molecule has 0 fully saturated rings. The Labute approximate surface area is 101 Å². The third kappa shape index (κ3) is 3.27. The molecule has 0 aliphatic heterocycles. The summed E-state index contributed by atoms with van der Waals surface area (Å²) in [5.41, 5.74) is 5.91. The molecule has 2 N–H and O–H groups in total. The van der Waals surface area contributed by atoms with Gasteiger partial charge in [0.25, 0.3) is 0 Å². The molecule has 0 heterocycles. The van der Waals surface area contributed by atoms with E-state index in [1.807, 2.05) is 6.92 Å². The van der Waals surface area contributed by atoms with E-state index in [-0.39, 0.29) is 17.5 Å². The average molecular weight is 239 g/mol. The van der Waals surface area contributed by atoms with E-state index in [9.17, 15) is 9.18 Å². The number of halogens is 1. The molecule has 1 rings (SSSR count). The molecule has 1 aromatic carbocycles. The Morgan fingerprint density at radius 2 is 2.24 bits per heavy atom. The van der Waals surface area contributed by atoms with Crippen LogP contribution >= 0.6 is 0 Å². The summed E-state index contributed by atoms with van der Waals surface area (Å²) in [4.78, 5) is 12.0. The van der Waals surface area contributed by atoms with E-state index in [0.29, 0.717) is 12.1 Å². The Bertz CT molecular complexity index is 393. The molecule has 0 aliphatic rings. The molecule has 0 saturated heterocycles. The van der Waals surface area contributed by atoms with E-state index in [1.165, 1.54) is 19.2 Å². The maximum Gasteiger partial charge on any atom is 0.167 e. The molecule has 0 saturated carbocycles. The number of rotatable bonds is 6. The fraction of sp³-hybridized carbons (Fsp3) is 0.462. The van der Waals surface area contributed by atoms with Gasteiger partial charge in [-0.3, -0.25) is 4.79 Å². The minimum absolute atomic E-state index is 0.101. The number of methoxy groups -OCH3 is 1. The summed E-state index contributed by atoms with van der Waals surface area (Å²) in [6.07, 6.45) is 1.61. The van der Waals surface area contributed by atoms with Crippen LogP contribution in [0.4, 0.5) is 4.39 Å². The van der Waals surface area contributed by atoms with Gasteiger partial charge >= 0.3 is 0 Å². The zero-order valence-electron chi connectivity index (χ0n) is 10.2. The van der Waals surface area contributed by atoms with Crippen molar-refractivity contribution in [1.82, 2.24) is 0 Å². The quantitative estimate of drug-likeness (QED) is 0.775. The number of nitrogens with two attached hydrogens (primary N) is 1. The molecule has 4 heteroatoms. The highest BCUT2D eigenvalue weighted by Gasteiger charge is 2.18. The lowest BCUT2D eigenvalue weighted by Gasteiger charge is -2.12. The fourth-order valence-corrected chi connectivity index (χ4v) is 1.76. The van der Waals surface area contributed by atoms with Crippen LogP contribution in [0.1, 0.15) is 30.1 Å². The second kappa shape index (κ2) is 6.35. The summed E-state index contributed by atoms with van der Waals surface area (Å²) in [7, 11) is 1.39. The molecule has 3 nitrogen and oxygen atoms in total. The van der Waals surface area contributed by atoms with Crippen molar-refractivity contribution in [1.29, 1.82) is 0 Å². The summed E-state index contributed by atoms with van der Waals surface area (Å²) in [6.45, 7) is 2.28. The minimum Gasteiger partial charge on any atom is -0.494 e. The molecular weight excluding hydrogens is 221 g/mol. The van der Waals surface area contributed by atoms with Gasteiger partial charge in [-0.15, -0.1) is 0 Å². The van der Waals surface area contributed by atoms with Crippen molar-refractivity contribution >= 4 is 5.78 Å². The first-order chi connectivity index (χ1) is 8.13. The van der Waals surface area contributed by atoms with Crippen LogP contribution in [0.15, 0.2) is 18.2 Å². The topological polar surface area (TPSA) is 52.3 Å². The van der Waals surface area contributed by atoms with Crippen LogP contribution in [0.2, 0.25) is 0 Å². The van der Waals surface area contributed by atoms with Crippen molar-refractivity contribution in [2.45, 2.75) is 19.8 Å². The minimum atomic E-state index is -0.523. The SMILES string of the molecule is CCCC(CN)C(=O)c1ccc(OC)c(F)c1. The number of carbonyl (C=O) groups excluding carboxylic acids is 1. The van der Waals surface area contributed by atoms with Crippen LogP contribution in [0, 0.1) is 11.7 Å². The van der Waals surface area contributed by atoms with E-state index in [1.54, 1.807) is 6.07 Å². The van der Waals surface area contributed by atoms with Gasteiger partial charge in [0.2, 0.25) is 0 Å². The third-order valence-corrected chi connectivity index (χ3v) is 2.73. The van der Waals surface area contributed by atoms with Crippen molar-refractivity contribution in [3.05, 3.63) is 29.6 Å². The Morgan fingerprint density at radius 1 is 1.53 bits per heavy atom. The van der Waals surface area contributed by atoms with Gasteiger partial charge in [0.15, 0.2) is 17.3 Å². The maximum absolute atomic E-state index is 13.5. The van der Waals surface area contributed by atoms with Gasteiger partial charge in [-0.25, -0.2) is 4.39 Å². The Kier molecular flexibility index (Phi) is 5.10. The van der Waals surface area contributed by atoms with Crippen LogP contribution in [0.25, 0.3) is 0 Å². The second-order valence-electron chi connectivity index (χ2n) is 3.93. The maximum atomic E-state index is 13.5. The van der Waals surface area contributed by atoms with E-state index >= 15 is 0 Å². The predicted octanol–water partition coefficient (Wildman–Crippen LogP) is 2.39. The summed E-state index contributed by atoms with van der Waals surface area (Å²) in [6, 6.07) is 4.24. The van der Waals surface area contributed by atoms with Crippen molar-refractivity contribution < 1.29 is 13.9 Å². The highest BCUT2D eigenvalue weighted by atomic mass is 19.1. The number of hydrogen-bond acceptors (Lipinski definition) is 3. The highest BCUT2D eigenvalue weighted by Crippen LogP contribution is 2.20. The van der Waals surface area contributed by atoms with Crippen molar-refractivity contribution in [3.8, 4) is 5.75 Å². The molecule has 94 valence electrons. The summed E-state index contributed by atoms with van der Waals surface area (Å²) in [5, 5.41) is 0. The van der Waals surface area contributed by atoms with Gasteiger partial charge in [-0.1, -0.05) is 13.3 Å². The second-order valence-corrected chi connectivity index (χ2v) is 3.93. The zero-order valence-corrected chi connectivity index (χ0v) is 10.2. The lowest BCUT2D eigenvalue weighted by atomic mass is 9.93. The Hall–Kier alpha value is -1.42. The normalized spacial score (nSPS) is 12.2. The van der Waals surface area contributed by atoms with Crippen molar-refractivity contribution in [2.24, 2.45) is 11.7 Å². The molecule has 0 aromatic heterocycles. The summed E-state index contributed by atoms with van der Waals surface area (Å²) >= 11 is 0. The van der Waals surface area contributed by atoms with Gasteiger partial charge in [0.05, 0.1) is 7.11 Å². The van der Waals surface area contributed by atoms with Crippen molar-refractivity contribution in [3.63, 3.8) is 0 Å². The third-order valence-electron chi connectivity index (χ3n) is 2.73. The first-order valence-electron chi connectivity index (χ1n) is 5.71. The van der Waals surface area contributed by atoms with Crippen LogP contribution in [0.5, 0.6) is 5.75 Å². The van der Waals surface area contributed by atoms with E-state index in [2.05, 4.69) is 0 Å². The van der Waals surface area contributed by atoms with Gasteiger partial charge in [-0.05, 0) is 24.6 Å².